The maximum atomic E-state index is 10.4. The first kappa shape index (κ1) is 30.0. The molecular weight excluding hydrogens is 484 g/mol. The van der Waals surface area contributed by atoms with Crippen molar-refractivity contribution >= 4 is 0 Å². The molecule has 0 spiro atoms. The van der Waals surface area contributed by atoms with E-state index in [2.05, 4.69) is 26.1 Å². The second kappa shape index (κ2) is 18.3. The molecule has 0 radical (unpaired) electrons. The fourth-order valence-corrected chi connectivity index (χ4v) is 4.26. The van der Waals surface area contributed by atoms with E-state index in [-0.39, 0.29) is 17.0 Å². The number of phenolic OH excluding ortho intramolecular Hbond substituents is 1. The summed E-state index contributed by atoms with van der Waals surface area (Å²) in [4.78, 5) is 0. The highest BCUT2D eigenvalue weighted by Gasteiger charge is 2.10. The highest BCUT2D eigenvalue weighted by atomic mass is 79.9. The van der Waals surface area contributed by atoms with Gasteiger partial charge in [0.1, 0.15) is 11.5 Å². The van der Waals surface area contributed by atoms with Gasteiger partial charge in [0.05, 0.1) is 6.61 Å². The molecule has 0 atom stereocenters. The summed E-state index contributed by atoms with van der Waals surface area (Å²) in [7, 11) is 0. The van der Waals surface area contributed by atoms with Gasteiger partial charge < -0.3 is 26.8 Å². The van der Waals surface area contributed by atoms with E-state index >= 15 is 0 Å². The van der Waals surface area contributed by atoms with Crippen LogP contribution in [0.5, 0.6) is 11.5 Å². The van der Waals surface area contributed by atoms with E-state index in [9.17, 15) is 5.11 Å². The van der Waals surface area contributed by atoms with Gasteiger partial charge in [-0.3, -0.25) is 0 Å². The third-order valence-electron chi connectivity index (χ3n) is 6.18. The number of allylic oxidation sites excluding steroid dienone is 2. The summed E-state index contributed by atoms with van der Waals surface area (Å²) in [5.74, 6) is 1.22. The van der Waals surface area contributed by atoms with Crippen LogP contribution in [0, 0.1) is 0 Å². The van der Waals surface area contributed by atoms with Crippen LogP contribution in [0.4, 0.5) is 0 Å². The Bertz CT molecular complexity index is 843. The highest BCUT2D eigenvalue weighted by Crippen LogP contribution is 2.34. The fraction of sp³-hybridized carbons (Fsp3) is 0.484. The van der Waals surface area contributed by atoms with Crippen molar-refractivity contribution in [1.82, 2.24) is 0 Å². The van der Waals surface area contributed by atoms with Gasteiger partial charge in [0, 0.05) is 5.56 Å². The van der Waals surface area contributed by atoms with Crippen LogP contribution < -0.4 is 21.7 Å². The number of hydrogen-bond acceptors (Lipinski definition) is 2. The van der Waals surface area contributed by atoms with E-state index in [4.69, 9.17) is 4.74 Å². The predicted octanol–water partition coefficient (Wildman–Crippen LogP) is 6.21. The first-order valence-corrected chi connectivity index (χ1v) is 13.0. The molecular formula is C31H44BrO2-. The molecule has 0 fully saturated rings. The Morgan fingerprint density at radius 3 is 2.00 bits per heavy atom. The van der Waals surface area contributed by atoms with Gasteiger partial charge >= 0.3 is 0 Å². The highest BCUT2D eigenvalue weighted by molar-refractivity contribution is 5.72. The molecule has 188 valence electrons. The Kier molecular flexibility index (Phi) is 16.2. The van der Waals surface area contributed by atoms with E-state index < -0.39 is 0 Å². The Labute approximate surface area is 218 Å². The molecule has 2 nitrogen and oxygen atoms in total. The molecule has 0 aliphatic carbocycles. The SMILES string of the molecule is C=CCc1ccc(O)c(-c2ccc(OCCCCCCCCCCCCC)c(CC=C)c2)c1.[Br-]. The Hall–Kier alpha value is -2.00. The number of rotatable bonds is 18. The van der Waals surface area contributed by atoms with Gasteiger partial charge in [0.15, 0.2) is 0 Å². The molecule has 0 amide bonds. The summed E-state index contributed by atoms with van der Waals surface area (Å²) in [6.45, 7) is 10.7. The fourth-order valence-electron chi connectivity index (χ4n) is 4.26. The van der Waals surface area contributed by atoms with Crippen LogP contribution in [0.25, 0.3) is 11.1 Å². The van der Waals surface area contributed by atoms with Gasteiger partial charge in [-0.05, 0) is 60.2 Å². The van der Waals surface area contributed by atoms with E-state index in [1.54, 1.807) is 6.07 Å². The summed E-state index contributed by atoms with van der Waals surface area (Å²) in [6, 6.07) is 11.9. The molecule has 0 aromatic heterocycles. The zero-order chi connectivity index (χ0) is 23.7. The van der Waals surface area contributed by atoms with E-state index in [0.29, 0.717) is 5.75 Å². The second-order valence-electron chi connectivity index (χ2n) is 9.04. The smallest absolute Gasteiger partial charge is 0.123 e. The van der Waals surface area contributed by atoms with Crippen molar-refractivity contribution in [3.8, 4) is 22.6 Å². The van der Waals surface area contributed by atoms with Gasteiger partial charge in [0.2, 0.25) is 0 Å². The molecule has 34 heavy (non-hydrogen) atoms. The van der Waals surface area contributed by atoms with Crippen molar-refractivity contribution in [3.63, 3.8) is 0 Å². The average Bonchev–Trinajstić information content (AvgIpc) is 2.82. The Morgan fingerprint density at radius 2 is 1.38 bits per heavy atom. The van der Waals surface area contributed by atoms with Crippen molar-refractivity contribution in [1.29, 1.82) is 0 Å². The van der Waals surface area contributed by atoms with Crippen molar-refractivity contribution in [2.24, 2.45) is 0 Å². The molecule has 0 aliphatic rings. The van der Waals surface area contributed by atoms with Crippen LogP contribution in [0.3, 0.4) is 0 Å². The quantitative estimate of drug-likeness (QED) is 0.184. The van der Waals surface area contributed by atoms with Gasteiger partial charge in [-0.1, -0.05) is 95.4 Å². The minimum atomic E-state index is 0. The molecule has 2 aromatic rings. The Morgan fingerprint density at radius 1 is 0.765 bits per heavy atom. The molecule has 0 bridgehead atoms. The molecule has 0 heterocycles. The number of hydrogen-bond donors (Lipinski definition) is 1. The molecule has 0 unspecified atom stereocenters. The van der Waals surface area contributed by atoms with Crippen LogP contribution in [-0.4, -0.2) is 11.7 Å². The van der Waals surface area contributed by atoms with Gasteiger partial charge in [0.25, 0.3) is 0 Å². The lowest BCUT2D eigenvalue weighted by molar-refractivity contribution is -0.00000833. The molecule has 0 aliphatic heterocycles. The predicted molar refractivity (Wildman–Crippen MR) is 143 cm³/mol. The third kappa shape index (κ3) is 11.0. The minimum absolute atomic E-state index is 0. The number of aromatic hydroxyl groups is 1. The summed E-state index contributed by atoms with van der Waals surface area (Å²) in [6.07, 6.45) is 20.0. The monoisotopic (exact) mass is 527 g/mol. The number of phenols is 1. The van der Waals surface area contributed by atoms with Crippen molar-refractivity contribution in [2.75, 3.05) is 6.61 Å². The van der Waals surface area contributed by atoms with Crippen molar-refractivity contribution in [2.45, 2.75) is 90.4 Å². The molecule has 2 rings (SSSR count). The van der Waals surface area contributed by atoms with Gasteiger partial charge in [-0.15, -0.1) is 13.2 Å². The summed E-state index contributed by atoms with van der Waals surface area (Å²) >= 11 is 0. The minimum Gasteiger partial charge on any atom is -1.00 e. The van der Waals surface area contributed by atoms with E-state index in [1.165, 1.54) is 64.2 Å². The summed E-state index contributed by atoms with van der Waals surface area (Å²) < 4.78 is 6.13. The molecule has 3 heteroatoms. The van der Waals surface area contributed by atoms with Crippen molar-refractivity contribution in [3.05, 3.63) is 72.8 Å². The average molecular weight is 529 g/mol. The van der Waals surface area contributed by atoms with Crippen LogP contribution in [0.1, 0.15) is 88.7 Å². The number of benzene rings is 2. The van der Waals surface area contributed by atoms with Crippen LogP contribution in [0.15, 0.2) is 61.7 Å². The second-order valence-corrected chi connectivity index (χ2v) is 9.04. The lowest BCUT2D eigenvalue weighted by atomic mass is 9.97. The van der Waals surface area contributed by atoms with Crippen LogP contribution in [0.2, 0.25) is 0 Å². The van der Waals surface area contributed by atoms with Crippen LogP contribution >= 0.6 is 0 Å². The summed E-state index contributed by atoms with van der Waals surface area (Å²) in [5, 5.41) is 10.4. The molecule has 2 aromatic carbocycles. The normalized spacial score (nSPS) is 10.5. The summed E-state index contributed by atoms with van der Waals surface area (Å²) in [5.41, 5.74) is 4.09. The number of halogens is 1. The maximum absolute atomic E-state index is 10.4. The molecule has 0 saturated carbocycles. The van der Waals surface area contributed by atoms with Gasteiger partial charge in [-0.2, -0.15) is 0 Å². The van der Waals surface area contributed by atoms with Gasteiger partial charge in [-0.25, -0.2) is 0 Å². The third-order valence-corrected chi connectivity index (χ3v) is 6.18. The standard InChI is InChI=1S/C31H44O2.BrH/c1-4-7-8-9-10-11-12-13-14-15-16-23-33-31-22-20-27(25-28(31)18-6-3)29-24-26(17-5-2)19-21-30(29)32;/h5-6,19-22,24-25,32H,2-4,7-18,23H2,1H3;1H/p-1. The van der Waals surface area contributed by atoms with Crippen molar-refractivity contribution < 1.29 is 26.8 Å². The largest absolute Gasteiger partial charge is 1.00 e. The zero-order valence-electron chi connectivity index (χ0n) is 21.2. The molecule has 0 saturated heterocycles. The lowest BCUT2D eigenvalue weighted by Gasteiger charge is -2.14. The topological polar surface area (TPSA) is 29.5 Å². The van der Waals surface area contributed by atoms with E-state index in [1.807, 2.05) is 36.4 Å². The Balaban J connectivity index is 0.00000578. The number of unbranched alkanes of at least 4 members (excludes halogenated alkanes) is 10. The lowest BCUT2D eigenvalue weighted by Crippen LogP contribution is -3.00. The number of ether oxygens (including phenoxy) is 1. The van der Waals surface area contributed by atoms with E-state index in [0.717, 1.165) is 53.9 Å². The zero-order valence-corrected chi connectivity index (χ0v) is 22.8. The first-order valence-electron chi connectivity index (χ1n) is 13.0. The first-order chi connectivity index (χ1) is 16.2. The van der Waals surface area contributed by atoms with Crippen LogP contribution in [-0.2, 0) is 12.8 Å². The maximum Gasteiger partial charge on any atom is 0.123 e. The molecule has 1 N–H and O–H groups in total.